The number of allylic oxidation sites excluding steroid dienone is 2. The maximum Gasteiger partial charge on any atom is 0.227 e. The van der Waals surface area contributed by atoms with E-state index >= 15 is 0 Å². The summed E-state index contributed by atoms with van der Waals surface area (Å²) in [6.45, 7) is 8.09. The molecule has 118 valence electrons. The highest BCUT2D eigenvalue weighted by Crippen LogP contribution is 2.27. The Morgan fingerprint density at radius 3 is 2.64 bits per heavy atom. The van der Waals surface area contributed by atoms with Crippen molar-refractivity contribution < 1.29 is 4.79 Å². The van der Waals surface area contributed by atoms with Crippen LogP contribution in [-0.2, 0) is 4.79 Å². The number of carbonyl (C=O) groups excluding carboxylic acids is 1. The lowest BCUT2D eigenvalue weighted by atomic mass is 9.88. The average Bonchev–Trinajstić information content (AvgIpc) is 2.53. The Labute approximate surface area is 134 Å². The van der Waals surface area contributed by atoms with Crippen molar-refractivity contribution in [1.29, 1.82) is 0 Å². The predicted molar refractivity (Wildman–Crippen MR) is 95.0 cm³/mol. The van der Waals surface area contributed by atoms with Crippen LogP contribution in [0.5, 0.6) is 0 Å². The fraction of sp³-hybridized carbons (Fsp3) is 0.450. The molecular formula is C20H27NO. The van der Waals surface area contributed by atoms with E-state index in [2.05, 4.69) is 44.0 Å². The van der Waals surface area contributed by atoms with Gasteiger partial charge in [-0.2, -0.15) is 0 Å². The summed E-state index contributed by atoms with van der Waals surface area (Å²) in [5.41, 5.74) is 3.33. The van der Waals surface area contributed by atoms with Crippen molar-refractivity contribution in [3.05, 3.63) is 48.1 Å². The Kier molecular flexibility index (Phi) is 6.00. The maximum atomic E-state index is 12.4. The summed E-state index contributed by atoms with van der Waals surface area (Å²) in [6, 6.07) is 6.20. The van der Waals surface area contributed by atoms with E-state index in [0.717, 1.165) is 24.1 Å². The summed E-state index contributed by atoms with van der Waals surface area (Å²) in [5.74, 6) is 0.814. The highest BCUT2D eigenvalue weighted by Gasteiger charge is 2.21. The quantitative estimate of drug-likeness (QED) is 0.711. The van der Waals surface area contributed by atoms with Gasteiger partial charge in [0.15, 0.2) is 0 Å². The van der Waals surface area contributed by atoms with Crippen LogP contribution < -0.4 is 5.32 Å². The van der Waals surface area contributed by atoms with Crippen LogP contribution in [0.15, 0.2) is 36.9 Å². The molecule has 1 saturated carbocycles. The van der Waals surface area contributed by atoms with E-state index in [1.807, 2.05) is 12.1 Å². The largest absolute Gasteiger partial charge is 0.326 e. The van der Waals surface area contributed by atoms with E-state index in [9.17, 15) is 4.79 Å². The zero-order chi connectivity index (χ0) is 15.9. The second kappa shape index (κ2) is 7.98. The highest BCUT2D eigenvalue weighted by molar-refractivity contribution is 5.93. The lowest BCUT2D eigenvalue weighted by Crippen LogP contribution is -2.24. The van der Waals surface area contributed by atoms with Crippen molar-refractivity contribution >= 4 is 17.7 Å². The van der Waals surface area contributed by atoms with E-state index in [1.54, 1.807) is 6.08 Å². The molecule has 0 saturated heterocycles. The third kappa shape index (κ3) is 4.33. The molecule has 1 aromatic rings. The van der Waals surface area contributed by atoms with Crippen molar-refractivity contribution in [2.45, 2.75) is 51.9 Å². The monoisotopic (exact) mass is 297 g/mol. The summed E-state index contributed by atoms with van der Waals surface area (Å²) >= 11 is 0. The van der Waals surface area contributed by atoms with Crippen molar-refractivity contribution in [1.82, 2.24) is 0 Å². The first-order valence-electron chi connectivity index (χ1n) is 8.35. The lowest BCUT2D eigenvalue weighted by Gasteiger charge is -2.21. The summed E-state index contributed by atoms with van der Waals surface area (Å²) < 4.78 is 0. The topological polar surface area (TPSA) is 29.1 Å². The van der Waals surface area contributed by atoms with E-state index in [-0.39, 0.29) is 11.8 Å². The van der Waals surface area contributed by atoms with E-state index < -0.39 is 0 Å². The minimum atomic E-state index is 0.177. The molecule has 22 heavy (non-hydrogen) atoms. The van der Waals surface area contributed by atoms with E-state index in [1.165, 1.54) is 24.8 Å². The average molecular weight is 297 g/mol. The molecule has 0 unspecified atom stereocenters. The maximum absolute atomic E-state index is 12.4. The zero-order valence-electron chi connectivity index (χ0n) is 13.8. The van der Waals surface area contributed by atoms with Crippen LogP contribution in [0.2, 0.25) is 0 Å². The van der Waals surface area contributed by atoms with Gasteiger partial charge in [0.2, 0.25) is 5.91 Å². The third-order valence-electron chi connectivity index (χ3n) is 4.36. The van der Waals surface area contributed by atoms with Gasteiger partial charge in [0.1, 0.15) is 0 Å². The normalized spacial score (nSPS) is 16.1. The molecule has 1 N–H and O–H groups in total. The van der Waals surface area contributed by atoms with Gasteiger partial charge in [-0.1, -0.05) is 64.0 Å². The molecule has 2 heteroatoms. The van der Waals surface area contributed by atoms with Gasteiger partial charge in [0.05, 0.1) is 0 Å². The summed E-state index contributed by atoms with van der Waals surface area (Å²) in [7, 11) is 0. The molecule has 1 aromatic carbocycles. The van der Waals surface area contributed by atoms with Crippen LogP contribution in [0.25, 0.3) is 6.08 Å². The summed E-state index contributed by atoms with van der Waals surface area (Å²) in [6.07, 6.45) is 11.4. The van der Waals surface area contributed by atoms with Crippen LogP contribution in [0.1, 0.15) is 63.0 Å². The lowest BCUT2D eigenvalue weighted by molar-refractivity contribution is -0.120. The number of hydrogen-bond acceptors (Lipinski definition) is 1. The Morgan fingerprint density at radius 2 is 2.00 bits per heavy atom. The molecule has 1 amide bonds. The Hall–Kier alpha value is -1.83. The number of benzene rings is 1. The second-order valence-electron chi connectivity index (χ2n) is 6.42. The summed E-state index contributed by atoms with van der Waals surface area (Å²) in [4.78, 5) is 12.4. The van der Waals surface area contributed by atoms with Gasteiger partial charge in [-0.15, -0.1) is 0 Å². The molecule has 1 aliphatic carbocycles. The van der Waals surface area contributed by atoms with Crippen molar-refractivity contribution in [2.24, 2.45) is 5.92 Å². The van der Waals surface area contributed by atoms with Crippen molar-refractivity contribution in [3.8, 4) is 0 Å². The molecule has 1 aliphatic rings. The molecule has 2 rings (SSSR count). The third-order valence-corrected chi connectivity index (χ3v) is 4.36. The van der Waals surface area contributed by atoms with Gasteiger partial charge < -0.3 is 5.32 Å². The van der Waals surface area contributed by atoms with Crippen LogP contribution >= 0.6 is 0 Å². The molecule has 0 aromatic heterocycles. The number of rotatable bonds is 5. The van der Waals surface area contributed by atoms with Crippen LogP contribution in [-0.4, -0.2) is 5.91 Å². The van der Waals surface area contributed by atoms with Crippen LogP contribution in [0.4, 0.5) is 5.69 Å². The minimum absolute atomic E-state index is 0.177. The van der Waals surface area contributed by atoms with Gasteiger partial charge in [0.25, 0.3) is 0 Å². The van der Waals surface area contributed by atoms with Gasteiger partial charge in [-0.3, -0.25) is 4.79 Å². The van der Waals surface area contributed by atoms with Gasteiger partial charge in [-0.05, 0) is 42.0 Å². The number of anilines is 1. The molecule has 0 spiro atoms. The van der Waals surface area contributed by atoms with E-state index in [0.29, 0.717) is 5.92 Å². The first-order chi connectivity index (χ1) is 10.6. The molecule has 0 aliphatic heterocycles. The number of nitrogens with one attached hydrogen (secondary N) is 1. The van der Waals surface area contributed by atoms with Gasteiger partial charge >= 0.3 is 0 Å². The molecule has 0 radical (unpaired) electrons. The molecule has 0 bridgehead atoms. The standard InChI is InChI=1S/C20H27NO/c1-4-5-9-17-14-18(12-13-19(17)15(2)3)21-20(22)16-10-7-6-8-11-16/h4-5,9,12-16H,1,6-8,10-11H2,2-3H3,(H,21,22)/b9-5-. The molecule has 0 heterocycles. The van der Waals surface area contributed by atoms with Crippen LogP contribution in [0.3, 0.4) is 0 Å². The Bertz CT molecular complexity index is 551. The van der Waals surface area contributed by atoms with Gasteiger partial charge in [0, 0.05) is 11.6 Å². The number of amides is 1. The highest BCUT2D eigenvalue weighted by atomic mass is 16.1. The molecule has 2 nitrogen and oxygen atoms in total. The molecule has 0 atom stereocenters. The summed E-state index contributed by atoms with van der Waals surface area (Å²) in [5, 5.41) is 3.10. The first-order valence-corrected chi connectivity index (χ1v) is 8.35. The van der Waals surface area contributed by atoms with Crippen molar-refractivity contribution in [3.63, 3.8) is 0 Å². The fourth-order valence-electron chi connectivity index (χ4n) is 3.10. The SMILES string of the molecule is C=C/C=C\c1cc(NC(=O)C2CCCCC2)ccc1C(C)C. The minimum Gasteiger partial charge on any atom is -0.326 e. The predicted octanol–water partition coefficient (Wildman–Crippen LogP) is 5.53. The Morgan fingerprint density at radius 1 is 1.27 bits per heavy atom. The molecule has 1 fully saturated rings. The van der Waals surface area contributed by atoms with Gasteiger partial charge in [-0.25, -0.2) is 0 Å². The van der Waals surface area contributed by atoms with Crippen LogP contribution in [0, 0.1) is 5.92 Å². The zero-order valence-corrected chi connectivity index (χ0v) is 13.8. The number of hydrogen-bond donors (Lipinski definition) is 1. The van der Waals surface area contributed by atoms with E-state index in [4.69, 9.17) is 0 Å². The number of carbonyl (C=O) groups is 1. The van der Waals surface area contributed by atoms with Crippen molar-refractivity contribution in [2.75, 3.05) is 5.32 Å². The smallest absolute Gasteiger partial charge is 0.227 e. The second-order valence-corrected chi connectivity index (χ2v) is 6.42. The first kappa shape index (κ1) is 16.5. The molecular weight excluding hydrogens is 270 g/mol. The fourth-order valence-corrected chi connectivity index (χ4v) is 3.10. The Balaban J connectivity index is 2.15.